The number of fused-ring (bicyclic) bond motifs is 1. The predicted molar refractivity (Wildman–Crippen MR) is 116 cm³/mol. The van der Waals surface area contributed by atoms with Gasteiger partial charge in [0.25, 0.3) is 0 Å². The highest BCUT2D eigenvalue weighted by atomic mass is 35.5. The van der Waals surface area contributed by atoms with Crippen LogP contribution >= 0.6 is 11.6 Å². The lowest BCUT2D eigenvalue weighted by molar-refractivity contribution is -0.115. The molecule has 0 unspecified atom stereocenters. The zero-order valence-electron chi connectivity index (χ0n) is 17.6. The number of hydrogen-bond donors (Lipinski definition) is 3. The number of anilines is 2. The van der Waals surface area contributed by atoms with Gasteiger partial charge < -0.3 is 20.2 Å². The minimum Gasteiger partial charge on any atom is -0.454 e. The molecule has 3 heterocycles. The molecule has 3 N–H and O–H groups in total. The molecular weight excluding hydrogens is 447 g/mol. The van der Waals surface area contributed by atoms with Crippen LogP contribution in [0.1, 0.15) is 30.7 Å². The van der Waals surface area contributed by atoms with Gasteiger partial charge >= 0.3 is 6.18 Å². The van der Waals surface area contributed by atoms with E-state index in [0.29, 0.717) is 29.0 Å². The molecule has 1 aliphatic rings. The van der Waals surface area contributed by atoms with E-state index in [1.807, 2.05) is 19.9 Å². The number of aryl methyl sites for hydroxylation is 2. The first kappa shape index (κ1) is 22.6. The lowest BCUT2D eigenvalue weighted by Gasteiger charge is -2.18. The van der Waals surface area contributed by atoms with Gasteiger partial charge in [0, 0.05) is 23.7 Å². The zero-order valence-corrected chi connectivity index (χ0v) is 18.3. The fourth-order valence-corrected chi connectivity index (χ4v) is 4.33. The smallest absolute Gasteiger partial charge is 0.405 e. The van der Waals surface area contributed by atoms with Gasteiger partial charge in [0.05, 0.1) is 11.3 Å². The number of furan rings is 1. The standard InChI is InChI=1S/C21H23ClF3N5O2/c1-10-5-13-7-15(32-17(13)11(2)27-10)16-18(22)29-20(26-9-21(23,24)25)30-19(16)28-14-4-3-12(6-14)8-31/h5,7,12,14,31H,3-4,6,8-9H2,1-2H3,(H2,26,28,29,30)/t12-,14+/m1/s1. The average Bonchev–Trinajstić information content (AvgIpc) is 3.32. The van der Waals surface area contributed by atoms with Gasteiger partial charge in [0.1, 0.15) is 23.3 Å². The lowest BCUT2D eigenvalue weighted by atomic mass is 10.1. The summed E-state index contributed by atoms with van der Waals surface area (Å²) in [6.07, 6.45) is -2.08. The minimum atomic E-state index is -4.43. The summed E-state index contributed by atoms with van der Waals surface area (Å²) in [6, 6.07) is 3.65. The Labute approximate surface area is 187 Å². The summed E-state index contributed by atoms with van der Waals surface area (Å²) in [5.74, 6) is 0.598. The Bertz CT molecular complexity index is 1130. The summed E-state index contributed by atoms with van der Waals surface area (Å²) in [6.45, 7) is 2.51. The maximum Gasteiger partial charge on any atom is 0.405 e. The fourth-order valence-electron chi connectivity index (χ4n) is 4.07. The monoisotopic (exact) mass is 469 g/mol. The van der Waals surface area contributed by atoms with Crippen molar-refractivity contribution in [3.05, 3.63) is 28.7 Å². The van der Waals surface area contributed by atoms with Gasteiger partial charge in [0.2, 0.25) is 5.95 Å². The van der Waals surface area contributed by atoms with Crippen LogP contribution < -0.4 is 10.6 Å². The summed E-state index contributed by atoms with van der Waals surface area (Å²) < 4.78 is 44.0. The molecule has 2 atom stereocenters. The number of hydrogen-bond acceptors (Lipinski definition) is 7. The molecule has 0 saturated heterocycles. The number of alkyl halides is 3. The van der Waals surface area contributed by atoms with Gasteiger partial charge in [0.15, 0.2) is 5.58 Å². The highest BCUT2D eigenvalue weighted by Gasteiger charge is 2.29. The van der Waals surface area contributed by atoms with Crippen molar-refractivity contribution in [2.24, 2.45) is 5.92 Å². The van der Waals surface area contributed by atoms with Crippen molar-refractivity contribution in [1.29, 1.82) is 0 Å². The lowest BCUT2D eigenvalue weighted by Crippen LogP contribution is -2.23. The second-order valence-corrected chi connectivity index (χ2v) is 8.47. The maximum atomic E-state index is 12.7. The number of aliphatic hydroxyl groups is 1. The van der Waals surface area contributed by atoms with Crippen molar-refractivity contribution in [1.82, 2.24) is 15.0 Å². The molecule has 172 valence electrons. The molecule has 1 fully saturated rings. The molecule has 1 saturated carbocycles. The van der Waals surface area contributed by atoms with E-state index in [1.54, 1.807) is 6.07 Å². The number of nitrogens with zero attached hydrogens (tertiary/aromatic N) is 3. The van der Waals surface area contributed by atoms with Gasteiger partial charge in [-0.1, -0.05) is 11.6 Å². The highest BCUT2D eigenvalue weighted by Crippen LogP contribution is 2.39. The van der Waals surface area contributed by atoms with Gasteiger partial charge in [-0.2, -0.15) is 18.2 Å². The van der Waals surface area contributed by atoms with Gasteiger partial charge in [-0.25, -0.2) is 4.98 Å². The summed E-state index contributed by atoms with van der Waals surface area (Å²) in [4.78, 5) is 12.7. The first-order chi connectivity index (χ1) is 15.1. The number of rotatable bonds is 6. The topological polar surface area (TPSA) is 96.1 Å². The molecule has 1 aliphatic carbocycles. The van der Waals surface area contributed by atoms with Crippen LogP contribution in [0.2, 0.25) is 5.15 Å². The molecule has 0 aliphatic heterocycles. The predicted octanol–water partition coefficient (Wildman–Crippen LogP) is 5.10. The van der Waals surface area contributed by atoms with E-state index >= 15 is 0 Å². The Morgan fingerprint density at radius 3 is 2.66 bits per heavy atom. The Morgan fingerprint density at radius 2 is 1.97 bits per heavy atom. The molecule has 7 nitrogen and oxygen atoms in total. The van der Waals surface area contributed by atoms with Crippen molar-refractivity contribution in [2.75, 3.05) is 23.8 Å². The van der Waals surface area contributed by atoms with Gasteiger partial charge in [-0.3, -0.25) is 4.98 Å². The van der Waals surface area contributed by atoms with Crippen LogP contribution in [0.25, 0.3) is 22.3 Å². The van der Waals surface area contributed by atoms with E-state index in [0.717, 1.165) is 23.9 Å². The highest BCUT2D eigenvalue weighted by molar-refractivity contribution is 6.32. The van der Waals surface area contributed by atoms with Crippen molar-refractivity contribution in [3.8, 4) is 11.3 Å². The minimum absolute atomic E-state index is 0.0117. The molecule has 32 heavy (non-hydrogen) atoms. The second kappa shape index (κ2) is 8.74. The van der Waals surface area contributed by atoms with Crippen LogP contribution in [-0.4, -0.2) is 45.4 Å². The van der Waals surface area contributed by atoms with Crippen LogP contribution in [0.4, 0.5) is 24.9 Å². The zero-order chi connectivity index (χ0) is 23.0. The number of nitrogens with one attached hydrogen (secondary N) is 2. The second-order valence-electron chi connectivity index (χ2n) is 8.11. The fraction of sp³-hybridized carbons (Fsp3) is 0.476. The normalized spacial score (nSPS) is 19.0. The summed E-state index contributed by atoms with van der Waals surface area (Å²) in [5, 5.41) is 15.7. The van der Waals surface area contributed by atoms with E-state index in [2.05, 4.69) is 25.6 Å². The Balaban J connectivity index is 1.75. The molecule has 3 aromatic heterocycles. The molecule has 11 heteroatoms. The van der Waals surface area contributed by atoms with E-state index in [-0.39, 0.29) is 35.5 Å². The number of pyridine rings is 1. The van der Waals surface area contributed by atoms with E-state index in [1.165, 1.54) is 0 Å². The third kappa shape index (κ3) is 4.91. The molecule has 4 rings (SSSR count). The van der Waals surface area contributed by atoms with Crippen LogP contribution in [0, 0.1) is 19.8 Å². The van der Waals surface area contributed by atoms with E-state index in [4.69, 9.17) is 16.0 Å². The number of aromatic nitrogens is 3. The van der Waals surface area contributed by atoms with Crippen molar-refractivity contribution in [2.45, 2.75) is 45.3 Å². The quantitative estimate of drug-likeness (QED) is 0.432. The Kier molecular flexibility index (Phi) is 6.17. The maximum absolute atomic E-state index is 12.7. The Hall–Kier alpha value is -2.59. The SMILES string of the molecule is Cc1cc2cc(-c3c(Cl)nc(NCC(F)(F)F)nc3N[C@H]3CC[C@@H](CO)C3)oc2c(C)n1. The third-order valence-electron chi connectivity index (χ3n) is 5.50. The molecule has 0 spiro atoms. The molecular formula is C21H23ClF3N5O2. The molecule has 0 aromatic carbocycles. The number of halogens is 4. The van der Waals surface area contributed by atoms with Crippen molar-refractivity contribution < 1.29 is 22.7 Å². The summed E-state index contributed by atoms with van der Waals surface area (Å²) in [5.41, 5.74) is 2.50. The van der Waals surface area contributed by atoms with Crippen molar-refractivity contribution in [3.63, 3.8) is 0 Å². The molecule has 0 radical (unpaired) electrons. The van der Waals surface area contributed by atoms with Crippen LogP contribution in [0.3, 0.4) is 0 Å². The Morgan fingerprint density at radius 1 is 1.19 bits per heavy atom. The van der Waals surface area contributed by atoms with Gasteiger partial charge in [-0.05, 0) is 51.2 Å². The molecule has 0 bridgehead atoms. The summed E-state index contributed by atoms with van der Waals surface area (Å²) >= 11 is 6.43. The van der Waals surface area contributed by atoms with E-state index < -0.39 is 12.7 Å². The van der Waals surface area contributed by atoms with Crippen LogP contribution in [0.5, 0.6) is 0 Å². The van der Waals surface area contributed by atoms with Crippen LogP contribution in [0.15, 0.2) is 16.5 Å². The third-order valence-corrected chi connectivity index (χ3v) is 5.77. The largest absolute Gasteiger partial charge is 0.454 e. The molecule has 0 amide bonds. The van der Waals surface area contributed by atoms with Crippen molar-refractivity contribution >= 4 is 34.3 Å². The number of aliphatic hydroxyl groups excluding tert-OH is 1. The average molecular weight is 470 g/mol. The first-order valence-corrected chi connectivity index (χ1v) is 10.6. The summed E-state index contributed by atoms with van der Waals surface area (Å²) in [7, 11) is 0. The van der Waals surface area contributed by atoms with Gasteiger partial charge in [-0.15, -0.1) is 0 Å². The molecule has 3 aromatic rings. The van der Waals surface area contributed by atoms with Crippen LogP contribution in [-0.2, 0) is 0 Å². The van der Waals surface area contributed by atoms with E-state index in [9.17, 15) is 18.3 Å². The first-order valence-electron chi connectivity index (χ1n) is 10.3.